The lowest BCUT2D eigenvalue weighted by Crippen LogP contribution is -2.30. The van der Waals surface area contributed by atoms with E-state index in [0.29, 0.717) is 5.75 Å². The molecule has 1 amide bonds. The van der Waals surface area contributed by atoms with Crippen molar-refractivity contribution in [1.29, 1.82) is 0 Å². The van der Waals surface area contributed by atoms with Gasteiger partial charge in [-0.25, -0.2) is 0 Å². The molecule has 0 unspecified atom stereocenters. The Morgan fingerprint density at radius 2 is 1.80 bits per heavy atom. The van der Waals surface area contributed by atoms with Gasteiger partial charge in [-0.1, -0.05) is 18.2 Å². The van der Waals surface area contributed by atoms with Gasteiger partial charge in [-0.05, 0) is 72.3 Å². The van der Waals surface area contributed by atoms with Crippen LogP contribution in [0, 0.1) is 10.5 Å². The number of anilines is 1. The molecular weight excluding hydrogens is 365 g/mol. The summed E-state index contributed by atoms with van der Waals surface area (Å²) in [5.41, 5.74) is 1.85. The van der Waals surface area contributed by atoms with E-state index in [4.69, 9.17) is 4.74 Å². The van der Waals surface area contributed by atoms with E-state index in [2.05, 4.69) is 27.9 Å². The average Bonchev–Trinajstić information content (AvgIpc) is 2.44. The van der Waals surface area contributed by atoms with Gasteiger partial charge in [0, 0.05) is 9.26 Å². The fourth-order valence-electron chi connectivity index (χ4n) is 1.72. The number of amides is 1. The maximum atomic E-state index is 12.1. The van der Waals surface area contributed by atoms with Crippen molar-refractivity contribution < 1.29 is 9.53 Å². The molecule has 104 valence electrons. The molecule has 0 aliphatic heterocycles. The molecule has 0 spiro atoms. The van der Waals surface area contributed by atoms with Crippen LogP contribution in [0.1, 0.15) is 12.5 Å². The molecule has 1 atom stereocenters. The summed E-state index contributed by atoms with van der Waals surface area (Å²) >= 11 is 2.23. The Morgan fingerprint density at radius 1 is 1.15 bits per heavy atom. The Kier molecular flexibility index (Phi) is 5.00. The highest BCUT2D eigenvalue weighted by atomic mass is 127. The summed E-state index contributed by atoms with van der Waals surface area (Å²) in [6, 6.07) is 15.3. The van der Waals surface area contributed by atoms with Crippen molar-refractivity contribution in [1.82, 2.24) is 0 Å². The molecule has 2 aromatic carbocycles. The Labute approximate surface area is 132 Å². The molecule has 4 heteroatoms. The van der Waals surface area contributed by atoms with Crippen molar-refractivity contribution in [3.8, 4) is 5.75 Å². The number of benzene rings is 2. The van der Waals surface area contributed by atoms with E-state index in [1.807, 2.05) is 55.5 Å². The average molecular weight is 381 g/mol. The van der Waals surface area contributed by atoms with Crippen LogP contribution in [0.25, 0.3) is 0 Å². The van der Waals surface area contributed by atoms with Crippen molar-refractivity contribution in [2.24, 2.45) is 0 Å². The molecule has 0 saturated carbocycles. The second-order valence-corrected chi connectivity index (χ2v) is 5.76. The number of carbonyl (C=O) groups excluding carboxylic acids is 1. The van der Waals surface area contributed by atoms with E-state index in [9.17, 15) is 4.79 Å². The number of carbonyl (C=O) groups is 1. The van der Waals surface area contributed by atoms with Crippen molar-refractivity contribution in [2.75, 3.05) is 5.32 Å². The van der Waals surface area contributed by atoms with Crippen LogP contribution >= 0.6 is 22.6 Å². The molecule has 0 radical (unpaired) electrons. The zero-order chi connectivity index (χ0) is 14.5. The standard InChI is InChI=1S/C16H16INO2/c1-11-5-3-4-6-15(11)18-16(19)12(2)20-14-9-7-13(17)8-10-14/h3-10,12H,1-2H3,(H,18,19)/t12-/m0/s1. The van der Waals surface area contributed by atoms with Gasteiger partial charge in [0.25, 0.3) is 5.91 Å². The maximum Gasteiger partial charge on any atom is 0.265 e. The van der Waals surface area contributed by atoms with Crippen LogP contribution in [0.4, 0.5) is 5.69 Å². The van der Waals surface area contributed by atoms with Crippen LogP contribution in [0.3, 0.4) is 0 Å². The largest absolute Gasteiger partial charge is 0.481 e. The van der Waals surface area contributed by atoms with E-state index in [0.717, 1.165) is 14.8 Å². The normalized spacial score (nSPS) is 11.8. The number of aryl methyl sites for hydroxylation is 1. The van der Waals surface area contributed by atoms with Crippen LogP contribution in [0.15, 0.2) is 48.5 Å². The zero-order valence-electron chi connectivity index (χ0n) is 11.4. The fraction of sp³-hybridized carbons (Fsp3) is 0.188. The number of hydrogen-bond donors (Lipinski definition) is 1. The van der Waals surface area contributed by atoms with Gasteiger partial charge >= 0.3 is 0 Å². The minimum atomic E-state index is -0.547. The predicted molar refractivity (Wildman–Crippen MR) is 89.1 cm³/mol. The van der Waals surface area contributed by atoms with Gasteiger partial charge in [0.1, 0.15) is 5.75 Å². The first-order valence-electron chi connectivity index (χ1n) is 6.35. The van der Waals surface area contributed by atoms with Crippen LogP contribution in [-0.4, -0.2) is 12.0 Å². The molecule has 3 nitrogen and oxygen atoms in total. The van der Waals surface area contributed by atoms with Gasteiger partial charge in [0.2, 0.25) is 0 Å². The molecule has 20 heavy (non-hydrogen) atoms. The summed E-state index contributed by atoms with van der Waals surface area (Å²) in [6.45, 7) is 3.70. The maximum absolute atomic E-state index is 12.1. The first kappa shape index (κ1) is 14.8. The molecule has 0 saturated heterocycles. The van der Waals surface area contributed by atoms with Gasteiger partial charge in [-0.3, -0.25) is 4.79 Å². The summed E-state index contributed by atoms with van der Waals surface area (Å²) in [5.74, 6) is 0.538. The summed E-state index contributed by atoms with van der Waals surface area (Å²) in [6.07, 6.45) is -0.547. The summed E-state index contributed by atoms with van der Waals surface area (Å²) in [4.78, 5) is 12.1. The van der Waals surface area contributed by atoms with Gasteiger partial charge in [0.15, 0.2) is 6.10 Å². The Hall–Kier alpha value is -1.56. The van der Waals surface area contributed by atoms with E-state index in [-0.39, 0.29) is 5.91 Å². The molecule has 0 aromatic heterocycles. The molecule has 0 fully saturated rings. The summed E-state index contributed by atoms with van der Waals surface area (Å²) in [7, 11) is 0. The summed E-state index contributed by atoms with van der Waals surface area (Å²) in [5, 5.41) is 2.88. The molecule has 2 rings (SSSR count). The van der Waals surface area contributed by atoms with E-state index in [1.165, 1.54) is 0 Å². The van der Waals surface area contributed by atoms with E-state index < -0.39 is 6.10 Å². The Balaban J connectivity index is 1.99. The predicted octanol–water partition coefficient (Wildman–Crippen LogP) is 4.01. The highest BCUT2D eigenvalue weighted by Gasteiger charge is 2.15. The lowest BCUT2D eigenvalue weighted by Gasteiger charge is -2.15. The third-order valence-corrected chi connectivity index (χ3v) is 3.62. The molecule has 0 aliphatic carbocycles. The number of para-hydroxylation sites is 1. The van der Waals surface area contributed by atoms with Crippen molar-refractivity contribution >= 4 is 34.2 Å². The molecule has 2 aromatic rings. The lowest BCUT2D eigenvalue weighted by molar-refractivity contribution is -0.122. The smallest absolute Gasteiger partial charge is 0.265 e. The van der Waals surface area contributed by atoms with Gasteiger partial charge in [0.05, 0.1) is 0 Å². The van der Waals surface area contributed by atoms with Gasteiger partial charge in [-0.2, -0.15) is 0 Å². The van der Waals surface area contributed by atoms with Crippen molar-refractivity contribution in [3.05, 3.63) is 57.7 Å². The molecular formula is C16H16INO2. The molecule has 0 aliphatic rings. The quantitative estimate of drug-likeness (QED) is 0.813. The minimum Gasteiger partial charge on any atom is -0.481 e. The Bertz CT molecular complexity index is 596. The molecule has 1 N–H and O–H groups in total. The monoisotopic (exact) mass is 381 g/mol. The molecule has 0 heterocycles. The Morgan fingerprint density at radius 3 is 2.45 bits per heavy atom. The lowest BCUT2D eigenvalue weighted by atomic mass is 10.2. The SMILES string of the molecule is Cc1ccccc1NC(=O)[C@H](C)Oc1ccc(I)cc1. The van der Waals surface area contributed by atoms with Gasteiger partial charge < -0.3 is 10.1 Å². The first-order chi connectivity index (χ1) is 9.56. The van der Waals surface area contributed by atoms with E-state index in [1.54, 1.807) is 6.92 Å². The highest BCUT2D eigenvalue weighted by Crippen LogP contribution is 2.17. The van der Waals surface area contributed by atoms with Crippen molar-refractivity contribution in [2.45, 2.75) is 20.0 Å². The highest BCUT2D eigenvalue weighted by molar-refractivity contribution is 14.1. The van der Waals surface area contributed by atoms with Gasteiger partial charge in [-0.15, -0.1) is 0 Å². The number of hydrogen-bond acceptors (Lipinski definition) is 2. The number of nitrogens with one attached hydrogen (secondary N) is 1. The van der Waals surface area contributed by atoms with Crippen LogP contribution in [-0.2, 0) is 4.79 Å². The van der Waals surface area contributed by atoms with Crippen molar-refractivity contribution in [3.63, 3.8) is 0 Å². The summed E-state index contributed by atoms with van der Waals surface area (Å²) < 4.78 is 6.76. The number of ether oxygens (including phenoxy) is 1. The van der Waals surface area contributed by atoms with E-state index >= 15 is 0 Å². The second kappa shape index (κ2) is 6.74. The number of rotatable bonds is 4. The first-order valence-corrected chi connectivity index (χ1v) is 7.43. The topological polar surface area (TPSA) is 38.3 Å². The van der Waals surface area contributed by atoms with Crippen LogP contribution in [0.5, 0.6) is 5.75 Å². The third kappa shape index (κ3) is 3.96. The minimum absolute atomic E-state index is 0.155. The zero-order valence-corrected chi connectivity index (χ0v) is 13.5. The fourth-order valence-corrected chi connectivity index (χ4v) is 2.08. The second-order valence-electron chi connectivity index (χ2n) is 4.52. The van der Waals surface area contributed by atoms with Crippen LogP contribution in [0.2, 0.25) is 0 Å². The molecule has 0 bridgehead atoms. The van der Waals surface area contributed by atoms with Crippen LogP contribution < -0.4 is 10.1 Å². The third-order valence-electron chi connectivity index (χ3n) is 2.90. The number of halogens is 1.